The van der Waals surface area contributed by atoms with Crippen LogP contribution < -0.4 is 16.4 Å². The van der Waals surface area contributed by atoms with Crippen molar-refractivity contribution < 1.29 is 39.6 Å². The fourth-order valence-corrected chi connectivity index (χ4v) is 2.24. The van der Waals surface area contributed by atoms with E-state index in [-0.39, 0.29) is 18.6 Å². The Bertz CT molecular complexity index is 707. The number of aliphatic carboxylic acids is 2. The smallest absolute Gasteiger partial charge is 0.326 e. The van der Waals surface area contributed by atoms with Crippen LogP contribution in [-0.2, 0) is 25.6 Å². The van der Waals surface area contributed by atoms with Crippen molar-refractivity contribution in [2.24, 2.45) is 5.73 Å². The third kappa shape index (κ3) is 7.60. The second kappa shape index (κ2) is 10.8. The number of carboxylic acids is 2. The number of carboxylic acid groups (broad SMARTS) is 2. The van der Waals surface area contributed by atoms with Gasteiger partial charge in [0, 0.05) is 12.8 Å². The minimum Gasteiger partial charge on any atom is -0.508 e. The lowest BCUT2D eigenvalue weighted by Gasteiger charge is -2.22. The summed E-state index contributed by atoms with van der Waals surface area (Å²) < 4.78 is 0. The summed E-state index contributed by atoms with van der Waals surface area (Å²) in [7, 11) is 0. The Morgan fingerprint density at radius 2 is 1.54 bits per heavy atom. The maximum Gasteiger partial charge on any atom is 0.326 e. The zero-order valence-corrected chi connectivity index (χ0v) is 14.9. The van der Waals surface area contributed by atoms with E-state index in [4.69, 9.17) is 21.1 Å². The first-order valence-electron chi connectivity index (χ1n) is 8.33. The lowest BCUT2D eigenvalue weighted by Crippen LogP contribution is -2.55. The molecule has 0 unspecified atom stereocenters. The van der Waals surface area contributed by atoms with Crippen LogP contribution in [0.2, 0.25) is 0 Å². The maximum atomic E-state index is 12.5. The number of aliphatic hydroxyl groups is 1. The van der Waals surface area contributed by atoms with E-state index < -0.39 is 54.9 Å². The number of hydrogen-bond acceptors (Lipinski definition) is 7. The number of aliphatic hydroxyl groups excluding tert-OH is 1. The Morgan fingerprint density at radius 1 is 0.964 bits per heavy atom. The summed E-state index contributed by atoms with van der Waals surface area (Å²) >= 11 is 0. The van der Waals surface area contributed by atoms with E-state index in [1.54, 1.807) is 0 Å². The lowest BCUT2D eigenvalue weighted by molar-refractivity contribution is -0.143. The number of aromatic hydroxyl groups is 1. The molecule has 28 heavy (non-hydrogen) atoms. The molecule has 154 valence electrons. The first-order valence-corrected chi connectivity index (χ1v) is 8.33. The van der Waals surface area contributed by atoms with Gasteiger partial charge in [-0.2, -0.15) is 0 Å². The predicted molar refractivity (Wildman–Crippen MR) is 95.2 cm³/mol. The molecule has 0 spiro atoms. The predicted octanol–water partition coefficient (Wildman–Crippen LogP) is -1.83. The van der Waals surface area contributed by atoms with Gasteiger partial charge in [-0.15, -0.1) is 0 Å². The van der Waals surface area contributed by atoms with Gasteiger partial charge in [0.25, 0.3) is 0 Å². The van der Waals surface area contributed by atoms with Gasteiger partial charge in [0.1, 0.15) is 23.9 Å². The van der Waals surface area contributed by atoms with Gasteiger partial charge >= 0.3 is 11.9 Å². The highest BCUT2D eigenvalue weighted by molar-refractivity contribution is 5.92. The number of carbonyl (C=O) groups is 4. The molecule has 0 radical (unpaired) electrons. The molecule has 0 aliphatic carbocycles. The monoisotopic (exact) mass is 397 g/mol. The van der Waals surface area contributed by atoms with Gasteiger partial charge in [0.05, 0.1) is 6.61 Å². The van der Waals surface area contributed by atoms with Crippen molar-refractivity contribution in [2.75, 3.05) is 6.61 Å². The molecule has 0 fully saturated rings. The van der Waals surface area contributed by atoms with Crippen LogP contribution in [0.3, 0.4) is 0 Å². The van der Waals surface area contributed by atoms with Gasteiger partial charge in [0.15, 0.2) is 0 Å². The Balaban J connectivity index is 2.95. The normalized spacial score (nSPS) is 13.8. The largest absolute Gasteiger partial charge is 0.508 e. The summed E-state index contributed by atoms with van der Waals surface area (Å²) in [4.78, 5) is 46.4. The number of carbonyl (C=O) groups excluding carboxylic acids is 2. The third-order valence-corrected chi connectivity index (χ3v) is 3.80. The van der Waals surface area contributed by atoms with E-state index in [9.17, 15) is 24.3 Å². The number of nitrogens with two attached hydrogens (primary N) is 1. The molecule has 0 aliphatic rings. The van der Waals surface area contributed by atoms with Crippen molar-refractivity contribution >= 4 is 23.8 Å². The summed E-state index contributed by atoms with van der Waals surface area (Å²) in [5, 5.41) is 40.7. The molecular weight excluding hydrogens is 374 g/mol. The SMILES string of the molecule is N[C@@H](CO)C(=O)N[C@@H](Cc1ccc(O)cc1)C(=O)N[C@@H](CCC(=O)O)C(=O)O. The summed E-state index contributed by atoms with van der Waals surface area (Å²) in [5.41, 5.74) is 5.97. The van der Waals surface area contributed by atoms with Crippen LogP contribution in [0.5, 0.6) is 5.75 Å². The Labute approximate surface area is 160 Å². The molecule has 11 nitrogen and oxygen atoms in total. The average Bonchev–Trinajstić information content (AvgIpc) is 2.64. The van der Waals surface area contributed by atoms with Gasteiger partial charge in [-0.1, -0.05) is 12.1 Å². The molecule has 0 bridgehead atoms. The number of phenols is 1. The molecule has 0 saturated heterocycles. The number of benzene rings is 1. The maximum absolute atomic E-state index is 12.5. The highest BCUT2D eigenvalue weighted by atomic mass is 16.4. The third-order valence-electron chi connectivity index (χ3n) is 3.80. The van der Waals surface area contributed by atoms with Crippen LogP contribution in [0.4, 0.5) is 0 Å². The van der Waals surface area contributed by atoms with Crippen LogP contribution in [0.15, 0.2) is 24.3 Å². The minimum atomic E-state index is -1.46. The number of phenolic OH excluding ortho intramolecular Hbond substituents is 1. The van der Waals surface area contributed by atoms with Crippen LogP contribution in [0.25, 0.3) is 0 Å². The molecule has 0 saturated carbocycles. The van der Waals surface area contributed by atoms with Crippen molar-refractivity contribution in [1.29, 1.82) is 0 Å². The molecule has 1 aromatic rings. The zero-order chi connectivity index (χ0) is 21.3. The van der Waals surface area contributed by atoms with E-state index in [0.717, 1.165) is 0 Å². The first-order chi connectivity index (χ1) is 13.1. The van der Waals surface area contributed by atoms with Gasteiger partial charge in [-0.25, -0.2) is 4.79 Å². The van der Waals surface area contributed by atoms with Crippen molar-refractivity contribution in [3.05, 3.63) is 29.8 Å². The molecule has 3 atom stereocenters. The van der Waals surface area contributed by atoms with Gasteiger partial charge in [-0.05, 0) is 24.1 Å². The summed E-state index contributed by atoms with van der Waals surface area (Å²) in [6.45, 7) is -0.657. The van der Waals surface area contributed by atoms with Crippen LogP contribution in [0.1, 0.15) is 18.4 Å². The van der Waals surface area contributed by atoms with Crippen LogP contribution in [-0.4, -0.2) is 68.9 Å². The average molecular weight is 397 g/mol. The molecule has 2 amide bonds. The standard InChI is InChI=1S/C17H23N3O8/c18-11(8-21)15(25)20-13(7-9-1-3-10(22)4-2-9)16(26)19-12(17(27)28)5-6-14(23)24/h1-4,11-13,21-22H,5-8,18H2,(H,19,26)(H,20,25)(H,23,24)(H,27,28)/t11-,12-,13-/m0/s1. The molecule has 0 aromatic heterocycles. The molecule has 0 aliphatic heterocycles. The number of amides is 2. The van der Waals surface area contributed by atoms with Crippen molar-refractivity contribution in [1.82, 2.24) is 10.6 Å². The fourth-order valence-electron chi connectivity index (χ4n) is 2.24. The lowest BCUT2D eigenvalue weighted by atomic mass is 10.0. The van der Waals surface area contributed by atoms with Crippen molar-refractivity contribution in [3.8, 4) is 5.75 Å². The first kappa shape index (κ1) is 22.9. The number of hydrogen-bond donors (Lipinski definition) is 7. The molecule has 1 rings (SSSR count). The molecule has 11 heteroatoms. The topological polar surface area (TPSA) is 199 Å². The highest BCUT2D eigenvalue weighted by Crippen LogP contribution is 2.12. The van der Waals surface area contributed by atoms with E-state index in [1.807, 2.05) is 0 Å². The minimum absolute atomic E-state index is 0.00398. The molecule has 1 aromatic carbocycles. The van der Waals surface area contributed by atoms with E-state index in [2.05, 4.69) is 10.6 Å². The van der Waals surface area contributed by atoms with Crippen LogP contribution >= 0.6 is 0 Å². The Hall–Kier alpha value is -3.18. The van der Waals surface area contributed by atoms with E-state index in [0.29, 0.717) is 5.56 Å². The highest BCUT2D eigenvalue weighted by Gasteiger charge is 2.28. The van der Waals surface area contributed by atoms with Gasteiger partial charge in [0.2, 0.25) is 11.8 Å². The van der Waals surface area contributed by atoms with Gasteiger partial charge < -0.3 is 36.8 Å². The van der Waals surface area contributed by atoms with Crippen molar-refractivity contribution in [2.45, 2.75) is 37.4 Å². The quantitative estimate of drug-likeness (QED) is 0.224. The second-order valence-corrected chi connectivity index (χ2v) is 6.05. The summed E-state index contributed by atoms with van der Waals surface area (Å²) in [6.07, 6.45) is -0.866. The zero-order valence-electron chi connectivity index (χ0n) is 14.9. The Morgan fingerprint density at radius 3 is 2.04 bits per heavy atom. The van der Waals surface area contributed by atoms with Gasteiger partial charge in [-0.3, -0.25) is 14.4 Å². The Kier molecular flexibility index (Phi) is 8.85. The molecular formula is C17H23N3O8. The summed E-state index contributed by atoms with van der Waals surface area (Å²) in [5.74, 6) is -4.32. The molecule has 0 heterocycles. The fraction of sp³-hybridized carbons (Fsp3) is 0.412. The number of nitrogens with one attached hydrogen (secondary N) is 2. The van der Waals surface area contributed by atoms with Crippen LogP contribution in [0, 0.1) is 0 Å². The van der Waals surface area contributed by atoms with Crippen molar-refractivity contribution in [3.63, 3.8) is 0 Å². The molecule has 8 N–H and O–H groups in total. The number of rotatable bonds is 11. The second-order valence-electron chi connectivity index (χ2n) is 6.05. The van der Waals surface area contributed by atoms with E-state index >= 15 is 0 Å². The summed E-state index contributed by atoms with van der Waals surface area (Å²) in [6, 6.07) is 1.78. The van der Waals surface area contributed by atoms with E-state index in [1.165, 1.54) is 24.3 Å².